The SMILES string of the molecule is Cc1ccc([C@H](C(=O)NC2CCCCC2)N(C(=O)CNC(=O)c2ccco2)c2ccccc2)cc1. The minimum absolute atomic E-state index is 0.0931. The van der Waals surface area contributed by atoms with E-state index < -0.39 is 17.9 Å². The molecule has 3 aromatic rings. The highest BCUT2D eigenvalue weighted by molar-refractivity contribution is 6.04. The molecule has 0 radical (unpaired) electrons. The van der Waals surface area contributed by atoms with Gasteiger partial charge in [-0.25, -0.2) is 0 Å². The van der Waals surface area contributed by atoms with Gasteiger partial charge >= 0.3 is 0 Å². The van der Waals surface area contributed by atoms with Gasteiger partial charge in [-0.1, -0.05) is 67.3 Å². The largest absolute Gasteiger partial charge is 0.459 e. The van der Waals surface area contributed by atoms with Gasteiger partial charge in [-0.05, 0) is 49.6 Å². The molecule has 3 amide bonds. The van der Waals surface area contributed by atoms with E-state index in [4.69, 9.17) is 4.42 Å². The van der Waals surface area contributed by atoms with Crippen molar-refractivity contribution >= 4 is 23.4 Å². The van der Waals surface area contributed by atoms with E-state index in [9.17, 15) is 14.4 Å². The average Bonchev–Trinajstić information content (AvgIpc) is 3.43. The summed E-state index contributed by atoms with van der Waals surface area (Å²) in [6.45, 7) is 1.69. The fourth-order valence-electron chi connectivity index (χ4n) is 4.46. The Kier molecular flexibility index (Phi) is 7.98. The van der Waals surface area contributed by atoms with Gasteiger partial charge in [0.25, 0.3) is 5.91 Å². The summed E-state index contributed by atoms with van der Waals surface area (Å²) in [7, 11) is 0. The van der Waals surface area contributed by atoms with Crippen molar-refractivity contribution in [1.29, 1.82) is 0 Å². The quantitative estimate of drug-likeness (QED) is 0.502. The van der Waals surface area contributed by atoms with Crippen LogP contribution in [0.15, 0.2) is 77.4 Å². The lowest BCUT2D eigenvalue weighted by Crippen LogP contribution is -2.49. The molecule has 1 aliphatic rings. The molecular formula is C28H31N3O4. The number of carbonyl (C=O) groups is 3. The Morgan fingerprint density at radius 1 is 0.943 bits per heavy atom. The van der Waals surface area contributed by atoms with E-state index in [0.29, 0.717) is 11.3 Å². The van der Waals surface area contributed by atoms with E-state index in [2.05, 4.69) is 10.6 Å². The molecule has 0 bridgehead atoms. The van der Waals surface area contributed by atoms with Gasteiger partial charge in [0.2, 0.25) is 11.8 Å². The fraction of sp³-hybridized carbons (Fsp3) is 0.321. The third kappa shape index (κ3) is 6.18. The van der Waals surface area contributed by atoms with E-state index in [0.717, 1.165) is 31.2 Å². The number of hydrogen-bond donors (Lipinski definition) is 2. The van der Waals surface area contributed by atoms with Crippen molar-refractivity contribution < 1.29 is 18.8 Å². The molecule has 1 saturated carbocycles. The second kappa shape index (κ2) is 11.5. The molecule has 7 heteroatoms. The maximum absolute atomic E-state index is 13.7. The number of benzene rings is 2. The Balaban J connectivity index is 1.65. The van der Waals surface area contributed by atoms with E-state index >= 15 is 0 Å². The average molecular weight is 474 g/mol. The lowest BCUT2D eigenvalue weighted by molar-refractivity contribution is -0.127. The van der Waals surface area contributed by atoms with Crippen molar-refractivity contribution in [3.05, 3.63) is 89.9 Å². The number of amides is 3. The zero-order valence-corrected chi connectivity index (χ0v) is 19.9. The molecule has 4 rings (SSSR count). The number of hydrogen-bond acceptors (Lipinski definition) is 4. The van der Waals surface area contributed by atoms with Gasteiger partial charge in [-0.3, -0.25) is 19.3 Å². The van der Waals surface area contributed by atoms with E-state index in [1.54, 1.807) is 18.2 Å². The van der Waals surface area contributed by atoms with Crippen molar-refractivity contribution in [2.24, 2.45) is 0 Å². The molecule has 1 fully saturated rings. The monoisotopic (exact) mass is 473 g/mol. The second-order valence-corrected chi connectivity index (χ2v) is 8.92. The Hall–Kier alpha value is -3.87. The van der Waals surface area contributed by atoms with Crippen LogP contribution in [0, 0.1) is 6.92 Å². The predicted octanol–water partition coefficient (Wildman–Crippen LogP) is 4.54. The lowest BCUT2D eigenvalue weighted by Gasteiger charge is -2.33. The first kappa shape index (κ1) is 24.3. The van der Waals surface area contributed by atoms with Crippen molar-refractivity contribution in [2.75, 3.05) is 11.4 Å². The zero-order chi connectivity index (χ0) is 24.6. The van der Waals surface area contributed by atoms with Gasteiger partial charge in [-0.2, -0.15) is 0 Å². The summed E-state index contributed by atoms with van der Waals surface area (Å²) in [6, 6.07) is 19.1. The van der Waals surface area contributed by atoms with Crippen molar-refractivity contribution in [3.8, 4) is 0 Å². The first-order valence-electron chi connectivity index (χ1n) is 12.1. The highest BCUT2D eigenvalue weighted by atomic mass is 16.3. The molecular weight excluding hydrogens is 442 g/mol. The zero-order valence-electron chi connectivity index (χ0n) is 19.9. The smallest absolute Gasteiger partial charge is 0.287 e. The number of furan rings is 1. The first-order valence-corrected chi connectivity index (χ1v) is 12.1. The summed E-state index contributed by atoms with van der Waals surface area (Å²) in [6.07, 6.45) is 6.62. The Bertz CT molecular complexity index is 1120. The van der Waals surface area contributed by atoms with Crippen LogP contribution in [0.25, 0.3) is 0 Å². The lowest BCUT2D eigenvalue weighted by atomic mass is 9.94. The van der Waals surface area contributed by atoms with E-state index in [1.165, 1.54) is 23.7 Å². The van der Waals surface area contributed by atoms with Crippen LogP contribution in [0.3, 0.4) is 0 Å². The van der Waals surface area contributed by atoms with Gasteiger partial charge in [-0.15, -0.1) is 0 Å². The third-order valence-electron chi connectivity index (χ3n) is 6.30. The van der Waals surface area contributed by atoms with Crippen LogP contribution >= 0.6 is 0 Å². The van der Waals surface area contributed by atoms with Crippen LogP contribution < -0.4 is 15.5 Å². The van der Waals surface area contributed by atoms with Crippen LogP contribution in [0.1, 0.15) is 59.8 Å². The number of nitrogens with one attached hydrogen (secondary N) is 2. The van der Waals surface area contributed by atoms with Gasteiger partial charge < -0.3 is 15.1 Å². The molecule has 182 valence electrons. The maximum Gasteiger partial charge on any atom is 0.287 e. The van der Waals surface area contributed by atoms with Crippen LogP contribution in [0.2, 0.25) is 0 Å². The summed E-state index contributed by atoms with van der Waals surface area (Å²) in [5.41, 5.74) is 2.34. The van der Waals surface area contributed by atoms with Gasteiger partial charge in [0.05, 0.1) is 12.8 Å². The topological polar surface area (TPSA) is 91.7 Å². The number of anilines is 1. The molecule has 1 atom stereocenters. The second-order valence-electron chi connectivity index (χ2n) is 8.92. The highest BCUT2D eigenvalue weighted by Gasteiger charge is 2.34. The number of carbonyl (C=O) groups excluding carboxylic acids is 3. The third-order valence-corrected chi connectivity index (χ3v) is 6.30. The molecule has 0 unspecified atom stereocenters. The van der Waals surface area contributed by atoms with Crippen LogP contribution in [0.5, 0.6) is 0 Å². The summed E-state index contributed by atoms with van der Waals surface area (Å²) in [5.74, 6) is -1.00. The molecule has 2 aromatic carbocycles. The van der Waals surface area contributed by atoms with Gasteiger partial charge in [0.15, 0.2) is 5.76 Å². The first-order chi connectivity index (χ1) is 17.0. The molecule has 0 aliphatic heterocycles. The normalized spacial score (nSPS) is 14.7. The Labute approximate surface area is 205 Å². The molecule has 1 aromatic heterocycles. The summed E-state index contributed by atoms with van der Waals surface area (Å²) < 4.78 is 5.12. The van der Waals surface area contributed by atoms with Crippen molar-refractivity contribution in [3.63, 3.8) is 0 Å². The summed E-state index contributed by atoms with van der Waals surface area (Å²) in [4.78, 5) is 41.2. The molecule has 35 heavy (non-hydrogen) atoms. The molecule has 1 aliphatic carbocycles. The predicted molar refractivity (Wildman–Crippen MR) is 134 cm³/mol. The highest BCUT2D eigenvalue weighted by Crippen LogP contribution is 2.29. The number of para-hydroxylation sites is 1. The van der Waals surface area contributed by atoms with E-state index in [1.807, 2.05) is 49.4 Å². The van der Waals surface area contributed by atoms with Crippen molar-refractivity contribution in [2.45, 2.75) is 51.1 Å². The molecule has 0 spiro atoms. The van der Waals surface area contributed by atoms with Gasteiger partial charge in [0.1, 0.15) is 6.04 Å². The summed E-state index contributed by atoms with van der Waals surface area (Å²) >= 11 is 0. The number of rotatable bonds is 8. The van der Waals surface area contributed by atoms with Crippen LogP contribution in [-0.2, 0) is 9.59 Å². The molecule has 1 heterocycles. The number of aryl methyl sites for hydroxylation is 1. The van der Waals surface area contributed by atoms with Gasteiger partial charge in [0, 0.05) is 11.7 Å². The Morgan fingerprint density at radius 3 is 2.31 bits per heavy atom. The van der Waals surface area contributed by atoms with Crippen molar-refractivity contribution in [1.82, 2.24) is 10.6 Å². The minimum atomic E-state index is -0.882. The van der Waals surface area contributed by atoms with Crippen LogP contribution in [-0.4, -0.2) is 30.3 Å². The molecule has 0 saturated heterocycles. The Morgan fingerprint density at radius 2 is 1.66 bits per heavy atom. The maximum atomic E-state index is 13.7. The van der Waals surface area contributed by atoms with E-state index in [-0.39, 0.29) is 24.3 Å². The summed E-state index contributed by atoms with van der Waals surface area (Å²) in [5, 5.41) is 5.80. The fourth-order valence-corrected chi connectivity index (χ4v) is 4.46. The number of nitrogens with zero attached hydrogens (tertiary/aromatic N) is 1. The standard InChI is InChI=1S/C28H31N3O4/c1-20-14-16-21(17-15-20)26(28(34)30-22-9-4-2-5-10-22)31(23-11-6-3-7-12-23)25(32)19-29-27(33)24-13-8-18-35-24/h3,6-8,11-18,22,26H,2,4-5,9-10,19H2,1H3,(H,29,33)(H,30,34)/t26-/m1/s1. The van der Waals surface area contributed by atoms with Crippen LogP contribution in [0.4, 0.5) is 5.69 Å². The molecule has 7 nitrogen and oxygen atoms in total. The molecule has 2 N–H and O–H groups in total. The minimum Gasteiger partial charge on any atom is -0.459 e.